The van der Waals surface area contributed by atoms with Crippen molar-refractivity contribution in [3.8, 4) is 23.8 Å². The van der Waals surface area contributed by atoms with E-state index in [1.54, 1.807) is 12.1 Å². The van der Waals surface area contributed by atoms with E-state index in [9.17, 15) is 4.79 Å². The molecule has 0 spiro atoms. The van der Waals surface area contributed by atoms with Crippen molar-refractivity contribution < 1.29 is 14.3 Å². The maximum absolute atomic E-state index is 12.2. The number of rotatable bonds is 9. The van der Waals surface area contributed by atoms with Gasteiger partial charge in [0.05, 0.1) is 24.4 Å². The average Bonchev–Trinajstić information content (AvgIpc) is 2.77. The van der Waals surface area contributed by atoms with E-state index in [2.05, 4.69) is 21.8 Å². The molecule has 0 radical (unpaired) electrons. The summed E-state index contributed by atoms with van der Waals surface area (Å²) >= 11 is 6.28. The van der Waals surface area contributed by atoms with E-state index in [1.807, 2.05) is 49.4 Å². The van der Waals surface area contributed by atoms with E-state index in [0.717, 1.165) is 16.5 Å². The second-order valence-corrected chi connectivity index (χ2v) is 6.84. The molecule has 0 bridgehead atoms. The van der Waals surface area contributed by atoms with Gasteiger partial charge in [0, 0.05) is 11.1 Å². The summed E-state index contributed by atoms with van der Waals surface area (Å²) in [5, 5.41) is 9.62. The van der Waals surface area contributed by atoms with Gasteiger partial charge in [-0.1, -0.05) is 53.9 Å². The number of nitrogens with zero attached hydrogens (tertiary/aromatic N) is 1. The van der Waals surface area contributed by atoms with Crippen molar-refractivity contribution in [2.75, 3.05) is 25.1 Å². The van der Waals surface area contributed by atoms with Gasteiger partial charge >= 0.3 is 0 Å². The molecule has 0 aromatic heterocycles. The number of benzene rings is 3. The van der Waals surface area contributed by atoms with Crippen LogP contribution in [0.3, 0.4) is 0 Å². The number of anilines is 1. The molecular weight excluding hydrogens is 414 g/mol. The fourth-order valence-electron chi connectivity index (χ4n) is 2.95. The van der Waals surface area contributed by atoms with Gasteiger partial charge < -0.3 is 14.8 Å². The number of amides is 1. The molecule has 0 unspecified atom stereocenters. The monoisotopic (exact) mass is 435 g/mol. The molecule has 7 heteroatoms. The summed E-state index contributed by atoms with van der Waals surface area (Å²) in [6, 6.07) is 17.2. The van der Waals surface area contributed by atoms with E-state index in [0.29, 0.717) is 28.7 Å². The summed E-state index contributed by atoms with van der Waals surface area (Å²) in [4.78, 5) is 12.2. The minimum absolute atomic E-state index is 0.0764. The molecule has 0 aliphatic heterocycles. The Balaban J connectivity index is 1.62. The molecule has 0 saturated heterocycles. The Morgan fingerprint density at radius 2 is 2.00 bits per heavy atom. The number of nitrogens with one attached hydrogen (secondary N) is 2. The molecule has 3 aromatic carbocycles. The molecule has 0 atom stereocenters. The van der Waals surface area contributed by atoms with Crippen LogP contribution in [0.4, 0.5) is 5.69 Å². The third kappa shape index (κ3) is 5.91. The maximum atomic E-state index is 12.2. The number of halogens is 1. The Morgan fingerprint density at radius 1 is 1.19 bits per heavy atom. The molecule has 0 aliphatic rings. The van der Waals surface area contributed by atoms with Gasteiger partial charge in [-0.25, -0.2) is 5.43 Å². The highest BCUT2D eigenvalue weighted by atomic mass is 35.5. The second-order valence-electron chi connectivity index (χ2n) is 6.43. The van der Waals surface area contributed by atoms with Gasteiger partial charge in [0.2, 0.25) is 0 Å². The summed E-state index contributed by atoms with van der Waals surface area (Å²) < 4.78 is 11.0. The van der Waals surface area contributed by atoms with E-state index < -0.39 is 0 Å². The molecule has 158 valence electrons. The minimum Gasteiger partial charge on any atom is -0.490 e. The van der Waals surface area contributed by atoms with Crippen LogP contribution in [-0.2, 0) is 4.79 Å². The third-order valence-corrected chi connectivity index (χ3v) is 4.54. The molecule has 3 aromatic rings. The summed E-state index contributed by atoms with van der Waals surface area (Å²) in [5.41, 5.74) is 4.02. The number of terminal acetylenes is 1. The van der Waals surface area contributed by atoms with E-state index >= 15 is 0 Å². The van der Waals surface area contributed by atoms with E-state index in [1.165, 1.54) is 6.21 Å². The first kappa shape index (κ1) is 22.0. The van der Waals surface area contributed by atoms with Gasteiger partial charge in [0.25, 0.3) is 5.91 Å². The summed E-state index contributed by atoms with van der Waals surface area (Å²) in [6.07, 6.45) is 6.72. The first-order chi connectivity index (χ1) is 15.1. The van der Waals surface area contributed by atoms with Crippen LogP contribution in [0.15, 0.2) is 59.7 Å². The van der Waals surface area contributed by atoms with Crippen molar-refractivity contribution in [3.05, 3.63) is 65.2 Å². The zero-order chi connectivity index (χ0) is 22.1. The van der Waals surface area contributed by atoms with Gasteiger partial charge in [-0.2, -0.15) is 5.10 Å². The number of hydrazone groups is 1. The predicted molar refractivity (Wildman–Crippen MR) is 125 cm³/mol. The zero-order valence-electron chi connectivity index (χ0n) is 17.0. The Kier molecular flexibility index (Phi) is 7.74. The van der Waals surface area contributed by atoms with Gasteiger partial charge in [-0.05, 0) is 36.1 Å². The number of ether oxygens (including phenoxy) is 2. The van der Waals surface area contributed by atoms with Crippen molar-refractivity contribution in [2.24, 2.45) is 5.10 Å². The Bertz CT molecular complexity index is 1130. The molecule has 1 amide bonds. The molecular formula is C24H22ClN3O3. The Hall–Kier alpha value is -3.69. The number of carbonyl (C=O) groups is 1. The lowest BCUT2D eigenvalue weighted by Crippen LogP contribution is -2.25. The van der Waals surface area contributed by atoms with Crippen LogP contribution in [0.25, 0.3) is 10.8 Å². The number of carbonyl (C=O) groups excluding carboxylic acids is 1. The van der Waals surface area contributed by atoms with Crippen LogP contribution in [-0.4, -0.2) is 31.9 Å². The zero-order valence-corrected chi connectivity index (χ0v) is 17.8. The first-order valence-electron chi connectivity index (χ1n) is 9.68. The fraction of sp³-hybridized carbons (Fsp3) is 0.167. The topological polar surface area (TPSA) is 72.0 Å². The maximum Gasteiger partial charge on any atom is 0.259 e. The average molecular weight is 436 g/mol. The van der Waals surface area contributed by atoms with Crippen LogP contribution in [0.2, 0.25) is 5.02 Å². The number of fused-ring (bicyclic) bond motifs is 1. The van der Waals surface area contributed by atoms with Crippen molar-refractivity contribution in [1.82, 2.24) is 5.43 Å². The lowest BCUT2D eigenvalue weighted by Gasteiger charge is -2.12. The predicted octanol–water partition coefficient (Wildman–Crippen LogP) is 4.47. The highest BCUT2D eigenvalue weighted by Gasteiger charge is 2.12. The number of hydrogen-bond donors (Lipinski definition) is 2. The fourth-order valence-corrected chi connectivity index (χ4v) is 3.23. The molecule has 0 aliphatic carbocycles. The minimum atomic E-state index is -0.283. The lowest BCUT2D eigenvalue weighted by atomic mass is 10.1. The molecule has 31 heavy (non-hydrogen) atoms. The third-order valence-electron chi connectivity index (χ3n) is 4.26. The first-order valence-corrected chi connectivity index (χ1v) is 10.1. The molecule has 0 heterocycles. The SMILES string of the molecule is C#CCOc1c(Cl)cc(/C=N\NC(=O)CNc2cccc3ccccc23)cc1OCC. The van der Waals surface area contributed by atoms with E-state index in [4.69, 9.17) is 27.5 Å². The van der Waals surface area contributed by atoms with Crippen LogP contribution >= 0.6 is 11.6 Å². The molecule has 0 saturated carbocycles. The summed E-state index contributed by atoms with van der Waals surface area (Å²) in [5.74, 6) is 2.94. The van der Waals surface area contributed by atoms with E-state index in [-0.39, 0.29) is 19.1 Å². The molecule has 6 nitrogen and oxygen atoms in total. The smallest absolute Gasteiger partial charge is 0.259 e. The van der Waals surface area contributed by atoms with Crippen molar-refractivity contribution in [1.29, 1.82) is 0 Å². The molecule has 2 N–H and O–H groups in total. The summed E-state index contributed by atoms with van der Waals surface area (Å²) in [7, 11) is 0. The van der Waals surface area contributed by atoms with Gasteiger partial charge in [-0.15, -0.1) is 6.42 Å². The number of hydrogen-bond acceptors (Lipinski definition) is 5. The van der Waals surface area contributed by atoms with Gasteiger partial charge in [0.1, 0.15) is 6.61 Å². The van der Waals surface area contributed by atoms with Crippen molar-refractivity contribution in [2.45, 2.75) is 6.92 Å². The standard InChI is InChI=1S/C24H22ClN3O3/c1-3-12-31-24-20(25)13-17(14-22(24)30-4-2)15-27-28-23(29)16-26-21-11-7-9-18-8-5-6-10-19(18)21/h1,5-11,13-15,26H,4,12,16H2,2H3,(H,28,29)/b27-15-. The van der Waals surface area contributed by atoms with Crippen LogP contribution in [0.5, 0.6) is 11.5 Å². The lowest BCUT2D eigenvalue weighted by molar-refractivity contribution is -0.119. The normalized spacial score (nSPS) is 10.6. The highest BCUT2D eigenvalue weighted by Crippen LogP contribution is 2.36. The second kappa shape index (κ2) is 10.9. The quantitative estimate of drug-likeness (QED) is 0.295. The van der Waals surface area contributed by atoms with Crippen molar-refractivity contribution >= 4 is 40.2 Å². The highest BCUT2D eigenvalue weighted by molar-refractivity contribution is 6.32. The van der Waals surface area contributed by atoms with Crippen molar-refractivity contribution in [3.63, 3.8) is 0 Å². The Morgan fingerprint density at radius 3 is 2.81 bits per heavy atom. The molecule has 3 rings (SSSR count). The largest absolute Gasteiger partial charge is 0.490 e. The van der Waals surface area contributed by atoms with Crippen LogP contribution < -0.4 is 20.2 Å². The molecule has 0 fully saturated rings. The Labute approximate surface area is 186 Å². The van der Waals surface area contributed by atoms with Gasteiger partial charge in [0.15, 0.2) is 11.5 Å². The van der Waals surface area contributed by atoms with Crippen LogP contribution in [0.1, 0.15) is 12.5 Å². The van der Waals surface area contributed by atoms with Crippen LogP contribution in [0, 0.1) is 12.3 Å². The van der Waals surface area contributed by atoms with Gasteiger partial charge in [-0.3, -0.25) is 4.79 Å². The summed E-state index contributed by atoms with van der Waals surface area (Å²) in [6.45, 7) is 2.44.